The van der Waals surface area contributed by atoms with E-state index in [0.29, 0.717) is 23.4 Å². The molecular formula is C19H19N3O2. The van der Waals surface area contributed by atoms with Gasteiger partial charge >= 0.3 is 5.97 Å². The predicted molar refractivity (Wildman–Crippen MR) is 91.8 cm³/mol. The molecule has 0 radical (unpaired) electrons. The van der Waals surface area contributed by atoms with Gasteiger partial charge in [-0.3, -0.25) is 4.98 Å². The summed E-state index contributed by atoms with van der Waals surface area (Å²) >= 11 is 0. The van der Waals surface area contributed by atoms with Crippen LogP contribution in [0, 0.1) is 11.3 Å². The van der Waals surface area contributed by atoms with E-state index >= 15 is 0 Å². The molecule has 5 nitrogen and oxygen atoms in total. The normalized spacial score (nSPS) is 11.5. The Labute approximate surface area is 141 Å². The van der Waals surface area contributed by atoms with E-state index in [2.05, 4.69) is 11.1 Å². The van der Waals surface area contributed by atoms with Gasteiger partial charge in [0.2, 0.25) is 0 Å². The molecule has 2 rings (SSSR count). The second-order valence-corrected chi connectivity index (χ2v) is 5.44. The van der Waals surface area contributed by atoms with Gasteiger partial charge in [-0.1, -0.05) is 37.6 Å². The maximum atomic E-state index is 11.4. The topological polar surface area (TPSA) is 100 Å². The number of nitrogens with two attached hydrogens (primary N) is 1. The number of hydrogen-bond donors (Lipinski definition) is 2. The van der Waals surface area contributed by atoms with Crippen molar-refractivity contribution in [3.8, 4) is 17.3 Å². The lowest BCUT2D eigenvalue weighted by atomic mass is 10.0. The minimum atomic E-state index is -1.00. The zero-order valence-electron chi connectivity index (χ0n) is 13.5. The van der Waals surface area contributed by atoms with Gasteiger partial charge in [-0.25, -0.2) is 4.79 Å². The standard InChI is InChI=1S/C19H19N3O2/c1-2-5-17(21)16(19(23)24)10-13-8-9-18(22-12-13)15-7-4-3-6-14(15)11-20/h3-4,6-9,12H,2,5,10,21H2,1H3,(H,23,24). The van der Waals surface area contributed by atoms with E-state index in [1.165, 1.54) is 0 Å². The van der Waals surface area contributed by atoms with E-state index in [0.717, 1.165) is 17.5 Å². The molecule has 0 atom stereocenters. The Morgan fingerprint density at radius 1 is 1.29 bits per heavy atom. The molecule has 0 aliphatic carbocycles. The quantitative estimate of drug-likeness (QED) is 0.795. The average Bonchev–Trinajstić information content (AvgIpc) is 2.60. The van der Waals surface area contributed by atoms with E-state index in [4.69, 9.17) is 11.0 Å². The van der Waals surface area contributed by atoms with Gasteiger partial charge in [0, 0.05) is 23.9 Å². The number of hydrogen-bond acceptors (Lipinski definition) is 4. The van der Waals surface area contributed by atoms with Gasteiger partial charge in [-0.2, -0.15) is 5.26 Å². The van der Waals surface area contributed by atoms with Crippen LogP contribution in [0.2, 0.25) is 0 Å². The first kappa shape index (κ1) is 17.2. The summed E-state index contributed by atoms with van der Waals surface area (Å²) in [5.74, 6) is -1.00. The highest BCUT2D eigenvalue weighted by atomic mass is 16.4. The number of benzene rings is 1. The molecule has 0 unspecified atom stereocenters. The van der Waals surface area contributed by atoms with Gasteiger partial charge in [-0.15, -0.1) is 0 Å². The Bertz CT molecular complexity index is 802. The Morgan fingerprint density at radius 2 is 2.04 bits per heavy atom. The van der Waals surface area contributed by atoms with Crippen LogP contribution in [0.3, 0.4) is 0 Å². The third kappa shape index (κ3) is 3.99. The van der Waals surface area contributed by atoms with E-state index in [-0.39, 0.29) is 12.0 Å². The zero-order valence-corrected chi connectivity index (χ0v) is 13.5. The summed E-state index contributed by atoms with van der Waals surface area (Å²) < 4.78 is 0. The summed E-state index contributed by atoms with van der Waals surface area (Å²) in [6, 6.07) is 13.0. The number of carbonyl (C=O) groups is 1. The Balaban J connectivity index is 2.28. The Morgan fingerprint density at radius 3 is 2.62 bits per heavy atom. The van der Waals surface area contributed by atoms with Crippen LogP contribution in [0.5, 0.6) is 0 Å². The fraction of sp³-hybridized carbons (Fsp3) is 0.211. The monoisotopic (exact) mass is 321 g/mol. The molecular weight excluding hydrogens is 302 g/mol. The summed E-state index contributed by atoms with van der Waals surface area (Å²) in [6.07, 6.45) is 3.22. The fourth-order valence-electron chi connectivity index (χ4n) is 2.44. The second kappa shape index (κ2) is 7.93. The van der Waals surface area contributed by atoms with Crippen LogP contribution in [-0.4, -0.2) is 16.1 Å². The number of pyridine rings is 1. The van der Waals surface area contributed by atoms with E-state index in [9.17, 15) is 9.90 Å². The molecule has 0 bridgehead atoms. The summed E-state index contributed by atoms with van der Waals surface area (Å²) in [7, 11) is 0. The highest BCUT2D eigenvalue weighted by molar-refractivity contribution is 5.88. The van der Waals surface area contributed by atoms with Crippen molar-refractivity contribution in [2.45, 2.75) is 26.2 Å². The van der Waals surface area contributed by atoms with Crippen molar-refractivity contribution in [2.24, 2.45) is 5.73 Å². The van der Waals surface area contributed by atoms with Crippen molar-refractivity contribution < 1.29 is 9.90 Å². The molecule has 0 saturated heterocycles. The molecule has 1 aromatic heterocycles. The predicted octanol–water partition coefficient (Wildman–Crippen LogP) is 3.26. The molecule has 0 fully saturated rings. The maximum Gasteiger partial charge on any atom is 0.333 e. The highest BCUT2D eigenvalue weighted by Crippen LogP contribution is 2.22. The lowest BCUT2D eigenvalue weighted by Crippen LogP contribution is -2.13. The molecule has 24 heavy (non-hydrogen) atoms. The van der Waals surface area contributed by atoms with Gasteiger partial charge in [0.05, 0.1) is 22.9 Å². The zero-order chi connectivity index (χ0) is 17.5. The largest absolute Gasteiger partial charge is 0.478 e. The van der Waals surface area contributed by atoms with Crippen molar-refractivity contribution in [2.75, 3.05) is 0 Å². The minimum Gasteiger partial charge on any atom is -0.478 e. The molecule has 0 spiro atoms. The number of rotatable bonds is 6. The average molecular weight is 321 g/mol. The minimum absolute atomic E-state index is 0.212. The van der Waals surface area contributed by atoms with Crippen LogP contribution < -0.4 is 5.73 Å². The fourth-order valence-corrected chi connectivity index (χ4v) is 2.44. The van der Waals surface area contributed by atoms with Crippen molar-refractivity contribution in [1.29, 1.82) is 5.26 Å². The first-order valence-electron chi connectivity index (χ1n) is 7.72. The first-order valence-corrected chi connectivity index (χ1v) is 7.72. The van der Waals surface area contributed by atoms with Crippen LogP contribution in [0.25, 0.3) is 11.3 Å². The molecule has 0 saturated carbocycles. The number of aromatic nitrogens is 1. The van der Waals surface area contributed by atoms with Gasteiger partial charge in [0.25, 0.3) is 0 Å². The van der Waals surface area contributed by atoms with E-state index in [1.807, 2.05) is 25.1 Å². The molecule has 0 aliphatic heterocycles. The van der Waals surface area contributed by atoms with Gasteiger partial charge in [0.15, 0.2) is 0 Å². The van der Waals surface area contributed by atoms with Crippen molar-refractivity contribution in [1.82, 2.24) is 4.98 Å². The number of nitriles is 1. The number of aliphatic carboxylic acids is 1. The summed E-state index contributed by atoms with van der Waals surface area (Å²) in [5, 5.41) is 18.5. The van der Waals surface area contributed by atoms with Gasteiger partial charge in [0.1, 0.15) is 0 Å². The van der Waals surface area contributed by atoms with Crippen LogP contribution in [0.1, 0.15) is 30.9 Å². The smallest absolute Gasteiger partial charge is 0.333 e. The molecule has 5 heteroatoms. The number of allylic oxidation sites excluding steroid dienone is 1. The van der Waals surface area contributed by atoms with Crippen molar-refractivity contribution >= 4 is 5.97 Å². The first-order chi connectivity index (χ1) is 11.6. The molecule has 0 aliphatic rings. The van der Waals surface area contributed by atoms with Crippen molar-refractivity contribution in [3.05, 3.63) is 65.0 Å². The van der Waals surface area contributed by atoms with Crippen LogP contribution in [-0.2, 0) is 11.2 Å². The van der Waals surface area contributed by atoms with Crippen molar-refractivity contribution in [3.63, 3.8) is 0 Å². The maximum absolute atomic E-state index is 11.4. The Kier molecular flexibility index (Phi) is 5.69. The number of nitrogens with zero attached hydrogens (tertiary/aromatic N) is 2. The third-order valence-corrected chi connectivity index (χ3v) is 3.69. The van der Waals surface area contributed by atoms with E-state index < -0.39 is 5.97 Å². The van der Waals surface area contributed by atoms with E-state index in [1.54, 1.807) is 24.4 Å². The Hall–Kier alpha value is -3.13. The third-order valence-electron chi connectivity index (χ3n) is 3.69. The summed E-state index contributed by atoms with van der Waals surface area (Å²) in [4.78, 5) is 15.8. The highest BCUT2D eigenvalue weighted by Gasteiger charge is 2.13. The van der Waals surface area contributed by atoms with Crippen LogP contribution in [0.15, 0.2) is 53.9 Å². The molecule has 3 N–H and O–H groups in total. The summed E-state index contributed by atoms with van der Waals surface area (Å²) in [5.41, 5.74) is 9.25. The molecule has 0 amide bonds. The molecule has 122 valence electrons. The molecule has 1 heterocycles. The van der Waals surface area contributed by atoms with Gasteiger partial charge in [-0.05, 0) is 24.1 Å². The van der Waals surface area contributed by atoms with Crippen LogP contribution in [0.4, 0.5) is 0 Å². The lowest BCUT2D eigenvalue weighted by Gasteiger charge is -2.09. The molecule has 2 aromatic rings. The van der Waals surface area contributed by atoms with Gasteiger partial charge < -0.3 is 10.8 Å². The number of carboxylic acid groups (broad SMARTS) is 1. The molecule has 1 aromatic carbocycles. The SMILES string of the molecule is CCCC(N)=C(Cc1ccc(-c2ccccc2C#N)nc1)C(=O)O. The summed E-state index contributed by atoms with van der Waals surface area (Å²) in [6.45, 7) is 1.95. The van der Waals surface area contributed by atoms with Crippen LogP contribution >= 0.6 is 0 Å². The second-order valence-electron chi connectivity index (χ2n) is 5.44. The lowest BCUT2D eigenvalue weighted by molar-refractivity contribution is -0.132. The number of carboxylic acids is 1.